The van der Waals surface area contributed by atoms with Gasteiger partial charge >= 0.3 is 0 Å². The van der Waals surface area contributed by atoms with Crippen LogP contribution < -0.4 is 4.72 Å². The minimum Gasteiger partial charge on any atom is -0.248 e. The van der Waals surface area contributed by atoms with E-state index in [1.807, 2.05) is 37.3 Å². The lowest BCUT2D eigenvalue weighted by molar-refractivity contribution is 0.456. The Kier molecular flexibility index (Phi) is 6.87. The molecule has 8 heteroatoms. The maximum absolute atomic E-state index is 13.7. The minimum absolute atomic E-state index is 0.0426. The first-order valence-corrected chi connectivity index (χ1v) is 13.7. The average Bonchev–Trinajstić information content (AvgIpc) is 3.55. The summed E-state index contributed by atoms with van der Waals surface area (Å²) in [7, 11) is -3.87. The Morgan fingerprint density at radius 3 is 2.31 bits per heavy atom. The fraction of sp³-hybridized carbons (Fsp3) is 0.286. The molecule has 3 aromatic carbocycles. The van der Waals surface area contributed by atoms with E-state index in [0.29, 0.717) is 6.54 Å². The highest BCUT2D eigenvalue weighted by molar-refractivity contribution is 7.90. The van der Waals surface area contributed by atoms with Crippen molar-refractivity contribution in [3.63, 3.8) is 0 Å². The maximum atomic E-state index is 13.7. The molecular formula is C28H29FN4O2S. The molecule has 186 valence electrons. The third kappa shape index (κ3) is 5.33. The van der Waals surface area contributed by atoms with Gasteiger partial charge in [0.1, 0.15) is 5.82 Å². The van der Waals surface area contributed by atoms with Crippen LogP contribution >= 0.6 is 0 Å². The van der Waals surface area contributed by atoms with E-state index in [1.165, 1.54) is 12.1 Å². The molecule has 36 heavy (non-hydrogen) atoms. The van der Waals surface area contributed by atoms with E-state index in [1.54, 1.807) is 41.4 Å². The Balaban J connectivity index is 1.53. The molecule has 3 aromatic rings. The SMILES string of the molecule is Cc1ccc(S(=O)(=O)NC(=NC2CCCC2)N2C[C@@H](c3ccccc3)C(c3ccc(F)cc3)=N2)cc1. The molecule has 1 N–H and O–H groups in total. The van der Waals surface area contributed by atoms with Crippen LogP contribution in [-0.4, -0.2) is 37.7 Å². The second-order valence-corrected chi connectivity index (χ2v) is 11.0. The molecule has 0 spiro atoms. The number of nitrogens with one attached hydrogen (secondary N) is 1. The van der Waals surface area contributed by atoms with Gasteiger partial charge in [0.25, 0.3) is 10.0 Å². The number of nitrogens with zero attached hydrogens (tertiary/aromatic N) is 3. The van der Waals surface area contributed by atoms with Crippen molar-refractivity contribution in [2.75, 3.05) is 6.54 Å². The summed E-state index contributed by atoms with van der Waals surface area (Å²) < 4.78 is 43.0. The van der Waals surface area contributed by atoms with Crippen LogP contribution in [-0.2, 0) is 10.0 Å². The predicted molar refractivity (Wildman–Crippen MR) is 140 cm³/mol. The molecule has 1 atom stereocenters. The lowest BCUT2D eigenvalue weighted by atomic mass is 9.91. The number of hydrogen-bond acceptors (Lipinski definition) is 4. The van der Waals surface area contributed by atoms with E-state index >= 15 is 0 Å². The summed E-state index contributed by atoms with van der Waals surface area (Å²) >= 11 is 0. The maximum Gasteiger partial charge on any atom is 0.264 e. The van der Waals surface area contributed by atoms with Crippen LogP contribution in [0.4, 0.5) is 4.39 Å². The molecule has 2 aliphatic rings. The zero-order chi connectivity index (χ0) is 25.1. The molecule has 1 saturated carbocycles. The molecule has 0 radical (unpaired) electrons. The van der Waals surface area contributed by atoms with Gasteiger partial charge in [-0.25, -0.2) is 27.5 Å². The fourth-order valence-electron chi connectivity index (χ4n) is 4.71. The van der Waals surface area contributed by atoms with Gasteiger partial charge in [0.05, 0.1) is 23.2 Å². The third-order valence-electron chi connectivity index (χ3n) is 6.69. The number of guanidine groups is 1. The van der Waals surface area contributed by atoms with Crippen molar-refractivity contribution in [2.24, 2.45) is 10.1 Å². The molecule has 0 bridgehead atoms. The number of aliphatic imine (C=N–C) groups is 1. The number of hydrogen-bond donors (Lipinski definition) is 1. The largest absolute Gasteiger partial charge is 0.264 e. The summed E-state index contributed by atoms with van der Waals surface area (Å²) in [5.74, 6) is -0.227. The van der Waals surface area contributed by atoms with Gasteiger partial charge in [-0.1, -0.05) is 73.0 Å². The number of halogens is 1. The predicted octanol–water partition coefficient (Wildman–Crippen LogP) is 5.21. The zero-order valence-corrected chi connectivity index (χ0v) is 21.0. The number of benzene rings is 3. The van der Waals surface area contributed by atoms with E-state index in [-0.39, 0.29) is 28.6 Å². The Labute approximate surface area is 211 Å². The number of aryl methyl sites for hydroxylation is 1. The van der Waals surface area contributed by atoms with Gasteiger partial charge < -0.3 is 0 Å². The van der Waals surface area contributed by atoms with Crippen molar-refractivity contribution < 1.29 is 12.8 Å². The van der Waals surface area contributed by atoms with Gasteiger partial charge in [0.15, 0.2) is 0 Å². The van der Waals surface area contributed by atoms with Crippen molar-refractivity contribution in [1.29, 1.82) is 0 Å². The van der Waals surface area contributed by atoms with Crippen molar-refractivity contribution in [1.82, 2.24) is 9.73 Å². The first-order valence-electron chi connectivity index (χ1n) is 12.2. The van der Waals surface area contributed by atoms with Crippen LogP contribution in [0.5, 0.6) is 0 Å². The molecular weight excluding hydrogens is 475 g/mol. The van der Waals surface area contributed by atoms with Gasteiger partial charge in [-0.3, -0.25) is 0 Å². The lowest BCUT2D eigenvalue weighted by Crippen LogP contribution is -2.42. The second kappa shape index (κ2) is 10.2. The van der Waals surface area contributed by atoms with Gasteiger partial charge in [0.2, 0.25) is 5.96 Å². The first kappa shape index (κ1) is 24.2. The zero-order valence-electron chi connectivity index (χ0n) is 20.1. The van der Waals surface area contributed by atoms with E-state index in [4.69, 9.17) is 10.1 Å². The van der Waals surface area contributed by atoms with Gasteiger partial charge in [-0.2, -0.15) is 5.10 Å². The lowest BCUT2D eigenvalue weighted by Gasteiger charge is -2.21. The molecule has 1 aliphatic heterocycles. The molecule has 5 rings (SSSR count). The molecule has 1 heterocycles. The van der Waals surface area contributed by atoms with E-state index in [0.717, 1.165) is 48.1 Å². The quantitative estimate of drug-likeness (QED) is 0.383. The Hall–Kier alpha value is -3.52. The standard InChI is InChI=1S/C28H29FN4O2S/c1-20-11-17-25(18-12-20)36(34,35)32-28(30-24-9-5-6-10-24)33-19-26(21-7-3-2-4-8-21)27(31-33)22-13-15-23(29)16-14-22/h2-4,7-8,11-18,24,26H,5-6,9-10,19H2,1H3,(H,30,32)/t26-/m0/s1. The summed E-state index contributed by atoms with van der Waals surface area (Å²) in [6, 6.07) is 22.9. The molecule has 0 saturated heterocycles. The number of sulfonamides is 1. The summed E-state index contributed by atoms with van der Waals surface area (Å²) in [5.41, 5.74) is 3.56. The molecule has 0 unspecified atom stereocenters. The second-order valence-electron chi connectivity index (χ2n) is 9.35. The Morgan fingerprint density at radius 1 is 0.972 bits per heavy atom. The summed E-state index contributed by atoms with van der Waals surface area (Å²) in [4.78, 5) is 5.02. The minimum atomic E-state index is -3.87. The highest BCUT2D eigenvalue weighted by atomic mass is 32.2. The van der Waals surface area contributed by atoms with E-state index in [9.17, 15) is 12.8 Å². The van der Waals surface area contributed by atoms with Crippen molar-refractivity contribution >= 4 is 21.7 Å². The molecule has 0 amide bonds. The fourth-order valence-corrected chi connectivity index (χ4v) is 5.72. The van der Waals surface area contributed by atoms with Gasteiger partial charge in [-0.15, -0.1) is 0 Å². The summed E-state index contributed by atoms with van der Waals surface area (Å²) in [6.07, 6.45) is 3.98. The van der Waals surface area contributed by atoms with Crippen LogP contribution in [0.1, 0.15) is 48.3 Å². The molecule has 6 nitrogen and oxygen atoms in total. The Morgan fingerprint density at radius 2 is 1.64 bits per heavy atom. The van der Waals surface area contributed by atoms with Crippen LogP contribution in [0.15, 0.2) is 93.9 Å². The highest BCUT2D eigenvalue weighted by Crippen LogP contribution is 2.30. The summed E-state index contributed by atoms with van der Waals surface area (Å²) in [5, 5.41) is 6.50. The van der Waals surface area contributed by atoms with Crippen molar-refractivity contribution in [3.8, 4) is 0 Å². The average molecular weight is 505 g/mol. The Bertz CT molecular complexity index is 1370. The smallest absolute Gasteiger partial charge is 0.248 e. The van der Waals surface area contributed by atoms with E-state index < -0.39 is 10.0 Å². The molecule has 1 aliphatic carbocycles. The van der Waals surface area contributed by atoms with Crippen molar-refractivity contribution in [2.45, 2.75) is 49.5 Å². The highest BCUT2D eigenvalue weighted by Gasteiger charge is 2.33. The molecule has 1 fully saturated rings. The van der Waals surface area contributed by atoms with Crippen molar-refractivity contribution in [3.05, 3.63) is 101 Å². The van der Waals surface area contributed by atoms with Crippen LogP contribution in [0, 0.1) is 12.7 Å². The third-order valence-corrected chi connectivity index (χ3v) is 8.03. The summed E-state index contributed by atoms with van der Waals surface area (Å²) in [6.45, 7) is 2.33. The number of hydrazone groups is 1. The first-order chi connectivity index (χ1) is 17.4. The van der Waals surface area contributed by atoms with Crippen LogP contribution in [0.2, 0.25) is 0 Å². The van der Waals surface area contributed by atoms with E-state index in [2.05, 4.69) is 4.72 Å². The topological polar surface area (TPSA) is 74.1 Å². The van der Waals surface area contributed by atoms with Gasteiger partial charge in [-0.05, 0) is 55.2 Å². The van der Waals surface area contributed by atoms with Gasteiger partial charge in [0, 0.05) is 5.92 Å². The van der Waals surface area contributed by atoms with Crippen LogP contribution in [0.25, 0.3) is 0 Å². The number of rotatable bonds is 5. The monoisotopic (exact) mass is 504 g/mol. The normalized spacial score (nSPS) is 18.9. The van der Waals surface area contributed by atoms with Crippen LogP contribution in [0.3, 0.4) is 0 Å². The molecule has 0 aromatic heterocycles.